The molecule has 0 heterocycles. The van der Waals surface area contributed by atoms with E-state index in [4.69, 9.17) is 15.2 Å². The summed E-state index contributed by atoms with van der Waals surface area (Å²) < 4.78 is 10.3. The monoisotopic (exact) mass is 294 g/mol. The molecular weight excluding hydrogens is 272 g/mol. The van der Waals surface area contributed by atoms with Gasteiger partial charge in [0, 0.05) is 5.54 Å². The van der Waals surface area contributed by atoms with E-state index in [0.717, 1.165) is 0 Å². The molecule has 0 saturated carbocycles. The van der Waals surface area contributed by atoms with Gasteiger partial charge in [-0.1, -0.05) is 12.1 Å². The number of ether oxygens (including phenoxy) is 2. The molecule has 1 aromatic carbocycles. The van der Waals surface area contributed by atoms with Gasteiger partial charge in [-0.05, 0) is 39.8 Å². The van der Waals surface area contributed by atoms with Crippen LogP contribution in [0.3, 0.4) is 0 Å². The summed E-state index contributed by atoms with van der Waals surface area (Å²) in [4.78, 5) is 23.4. The minimum Gasteiger partial charge on any atom is -0.480 e. The summed E-state index contributed by atoms with van der Waals surface area (Å²) in [6, 6.07) is 6.83. The zero-order valence-electron chi connectivity index (χ0n) is 12.8. The van der Waals surface area contributed by atoms with E-state index >= 15 is 0 Å². The molecule has 0 fully saturated rings. The van der Waals surface area contributed by atoms with Gasteiger partial charge in [0.1, 0.15) is 5.75 Å². The normalized spacial score (nSPS) is 12.4. The van der Waals surface area contributed by atoms with Crippen molar-refractivity contribution in [2.45, 2.75) is 39.3 Å². The Labute approximate surface area is 124 Å². The van der Waals surface area contributed by atoms with E-state index in [0.29, 0.717) is 11.4 Å². The van der Waals surface area contributed by atoms with Crippen molar-refractivity contribution < 1.29 is 19.1 Å². The molecule has 0 bridgehead atoms. The minimum atomic E-state index is -0.881. The van der Waals surface area contributed by atoms with Gasteiger partial charge in [0.15, 0.2) is 12.7 Å². The number of nitrogen functional groups attached to an aromatic ring is 1. The van der Waals surface area contributed by atoms with E-state index < -0.39 is 12.1 Å². The Balaban J connectivity index is 2.43. The van der Waals surface area contributed by atoms with Crippen molar-refractivity contribution >= 4 is 17.6 Å². The number of rotatable bonds is 5. The largest absolute Gasteiger partial charge is 0.480 e. The van der Waals surface area contributed by atoms with E-state index in [1.807, 2.05) is 20.8 Å². The van der Waals surface area contributed by atoms with Gasteiger partial charge >= 0.3 is 5.97 Å². The molecular formula is C15H22N2O4. The van der Waals surface area contributed by atoms with Crippen molar-refractivity contribution in [3.8, 4) is 5.75 Å². The number of anilines is 1. The predicted molar refractivity (Wildman–Crippen MR) is 79.8 cm³/mol. The Morgan fingerprint density at radius 1 is 1.29 bits per heavy atom. The maximum atomic E-state index is 11.8. The number of carbonyl (C=O) groups excluding carboxylic acids is 2. The average Bonchev–Trinajstić information content (AvgIpc) is 2.35. The van der Waals surface area contributed by atoms with Crippen LogP contribution in [-0.4, -0.2) is 30.1 Å². The first-order valence-corrected chi connectivity index (χ1v) is 6.68. The summed E-state index contributed by atoms with van der Waals surface area (Å²) in [5, 5.41) is 2.73. The molecule has 1 rings (SSSR count). The molecule has 3 N–H and O–H groups in total. The van der Waals surface area contributed by atoms with Gasteiger partial charge in [-0.3, -0.25) is 4.79 Å². The van der Waals surface area contributed by atoms with Crippen LogP contribution >= 0.6 is 0 Å². The standard InChI is InChI=1S/C15H22N2O4/c1-10(14(19)17-15(2,3)4)21-13(18)9-20-12-8-6-5-7-11(12)16/h5-8,10H,9,16H2,1-4H3,(H,17,19). The van der Waals surface area contributed by atoms with Crippen LogP contribution in [-0.2, 0) is 14.3 Å². The number of benzene rings is 1. The molecule has 1 aromatic rings. The minimum absolute atomic E-state index is 0.304. The highest BCUT2D eigenvalue weighted by Crippen LogP contribution is 2.19. The number of esters is 1. The molecule has 1 amide bonds. The van der Waals surface area contributed by atoms with Gasteiger partial charge < -0.3 is 20.5 Å². The van der Waals surface area contributed by atoms with Crippen molar-refractivity contribution in [3.63, 3.8) is 0 Å². The Morgan fingerprint density at radius 3 is 2.48 bits per heavy atom. The summed E-state index contributed by atoms with van der Waals surface area (Å²) in [5.74, 6) is -0.578. The van der Waals surface area contributed by atoms with Crippen molar-refractivity contribution in [3.05, 3.63) is 24.3 Å². The lowest BCUT2D eigenvalue weighted by atomic mass is 10.1. The lowest BCUT2D eigenvalue weighted by Crippen LogP contribution is -2.46. The van der Waals surface area contributed by atoms with E-state index in [9.17, 15) is 9.59 Å². The van der Waals surface area contributed by atoms with Gasteiger partial charge in [-0.15, -0.1) is 0 Å². The van der Waals surface area contributed by atoms with Crippen LogP contribution in [0.5, 0.6) is 5.75 Å². The first-order chi connectivity index (χ1) is 9.69. The highest BCUT2D eigenvalue weighted by atomic mass is 16.6. The van der Waals surface area contributed by atoms with Crippen molar-refractivity contribution in [2.75, 3.05) is 12.3 Å². The third-order valence-corrected chi connectivity index (χ3v) is 2.44. The molecule has 1 atom stereocenters. The highest BCUT2D eigenvalue weighted by Gasteiger charge is 2.22. The van der Waals surface area contributed by atoms with Crippen LogP contribution in [0.4, 0.5) is 5.69 Å². The number of hydrogen-bond donors (Lipinski definition) is 2. The fraction of sp³-hybridized carbons (Fsp3) is 0.467. The van der Waals surface area contributed by atoms with E-state index in [1.54, 1.807) is 24.3 Å². The SMILES string of the molecule is CC(OC(=O)COc1ccccc1N)C(=O)NC(C)(C)C. The third kappa shape index (κ3) is 6.16. The number of nitrogens with one attached hydrogen (secondary N) is 1. The second-order valence-corrected chi connectivity index (χ2v) is 5.70. The lowest BCUT2D eigenvalue weighted by Gasteiger charge is -2.23. The van der Waals surface area contributed by atoms with E-state index in [1.165, 1.54) is 6.92 Å². The van der Waals surface area contributed by atoms with Gasteiger partial charge in [0.05, 0.1) is 5.69 Å². The van der Waals surface area contributed by atoms with Crippen molar-refractivity contribution in [1.29, 1.82) is 0 Å². The van der Waals surface area contributed by atoms with Gasteiger partial charge in [-0.25, -0.2) is 4.79 Å². The van der Waals surface area contributed by atoms with Crippen LogP contribution in [0.1, 0.15) is 27.7 Å². The second-order valence-electron chi connectivity index (χ2n) is 5.70. The van der Waals surface area contributed by atoms with Crippen LogP contribution in [0.2, 0.25) is 0 Å². The van der Waals surface area contributed by atoms with Crippen LogP contribution in [0, 0.1) is 0 Å². The molecule has 0 spiro atoms. The first-order valence-electron chi connectivity index (χ1n) is 6.68. The van der Waals surface area contributed by atoms with Crippen LogP contribution < -0.4 is 15.8 Å². The molecule has 0 aliphatic carbocycles. The second kappa shape index (κ2) is 6.97. The molecule has 0 aliphatic rings. The zero-order valence-corrected chi connectivity index (χ0v) is 12.8. The smallest absolute Gasteiger partial charge is 0.344 e. The van der Waals surface area contributed by atoms with Crippen LogP contribution in [0.25, 0.3) is 0 Å². The number of hydrogen-bond acceptors (Lipinski definition) is 5. The molecule has 21 heavy (non-hydrogen) atoms. The molecule has 0 aromatic heterocycles. The van der Waals surface area contributed by atoms with Gasteiger partial charge in [-0.2, -0.15) is 0 Å². The maximum Gasteiger partial charge on any atom is 0.344 e. The summed E-state index contributed by atoms with van der Waals surface area (Å²) in [6.45, 7) is 6.75. The summed E-state index contributed by atoms with van der Waals surface area (Å²) in [7, 11) is 0. The Morgan fingerprint density at radius 2 is 1.90 bits per heavy atom. The van der Waals surface area contributed by atoms with E-state index in [-0.39, 0.29) is 18.1 Å². The molecule has 1 unspecified atom stereocenters. The Bertz CT molecular complexity index is 509. The van der Waals surface area contributed by atoms with Crippen LogP contribution in [0.15, 0.2) is 24.3 Å². The van der Waals surface area contributed by atoms with Crippen molar-refractivity contribution in [2.24, 2.45) is 0 Å². The number of amides is 1. The Kier molecular flexibility index (Phi) is 5.58. The first kappa shape index (κ1) is 16.8. The summed E-state index contributed by atoms with van der Waals surface area (Å²) in [5.41, 5.74) is 5.74. The molecule has 6 nitrogen and oxygen atoms in total. The Hall–Kier alpha value is -2.24. The van der Waals surface area contributed by atoms with Gasteiger partial charge in [0.25, 0.3) is 5.91 Å². The molecule has 0 saturated heterocycles. The number of carbonyl (C=O) groups is 2. The topological polar surface area (TPSA) is 90.7 Å². The summed E-state index contributed by atoms with van der Waals surface area (Å²) in [6.07, 6.45) is -0.881. The highest BCUT2D eigenvalue weighted by molar-refractivity contribution is 5.84. The fourth-order valence-electron chi connectivity index (χ4n) is 1.50. The predicted octanol–water partition coefficient (Wildman–Crippen LogP) is 1.49. The molecule has 116 valence electrons. The van der Waals surface area contributed by atoms with E-state index in [2.05, 4.69) is 5.32 Å². The number of para-hydroxylation sites is 2. The maximum absolute atomic E-state index is 11.8. The zero-order chi connectivity index (χ0) is 16.0. The molecule has 6 heteroatoms. The summed E-state index contributed by atoms with van der Waals surface area (Å²) >= 11 is 0. The average molecular weight is 294 g/mol. The van der Waals surface area contributed by atoms with Gasteiger partial charge in [0.2, 0.25) is 0 Å². The lowest BCUT2D eigenvalue weighted by molar-refractivity contribution is -0.157. The molecule has 0 radical (unpaired) electrons. The fourth-order valence-corrected chi connectivity index (χ4v) is 1.50. The van der Waals surface area contributed by atoms with Crippen molar-refractivity contribution in [1.82, 2.24) is 5.32 Å². The number of nitrogens with two attached hydrogens (primary N) is 1. The third-order valence-electron chi connectivity index (χ3n) is 2.44. The molecule has 0 aliphatic heterocycles. The quantitative estimate of drug-likeness (QED) is 0.634.